The van der Waals surface area contributed by atoms with E-state index in [0.717, 1.165) is 0 Å². The lowest BCUT2D eigenvalue weighted by Crippen LogP contribution is -2.48. The van der Waals surface area contributed by atoms with Gasteiger partial charge in [0.15, 0.2) is 0 Å². The van der Waals surface area contributed by atoms with Gasteiger partial charge < -0.3 is 14.5 Å². The van der Waals surface area contributed by atoms with Crippen molar-refractivity contribution in [2.75, 3.05) is 26.2 Å². The summed E-state index contributed by atoms with van der Waals surface area (Å²) in [6.45, 7) is 2.06. The van der Waals surface area contributed by atoms with Gasteiger partial charge in [-0.1, -0.05) is 6.07 Å². The number of amides is 2. The molecule has 6 nitrogen and oxygen atoms in total. The maximum absolute atomic E-state index is 12.2. The van der Waals surface area contributed by atoms with Crippen LogP contribution >= 0.6 is 11.3 Å². The second-order valence-electron chi connectivity index (χ2n) is 5.14. The minimum absolute atomic E-state index is 0.112. The Morgan fingerprint density at radius 3 is 2.57 bits per heavy atom. The zero-order chi connectivity index (χ0) is 14.8. The standard InChI is InChI=1S/C14H16N2O4S/c17-12(11-2-1-9-21-11)13(18)15-5-3-10(4-6-15)16-7-8-20-14(16)19/h1-2,9-10H,3-8H2. The molecule has 0 spiro atoms. The lowest BCUT2D eigenvalue weighted by molar-refractivity contribution is -0.127. The first-order chi connectivity index (χ1) is 10.2. The van der Waals surface area contributed by atoms with Gasteiger partial charge in [0.2, 0.25) is 0 Å². The lowest BCUT2D eigenvalue weighted by Gasteiger charge is -2.35. The average molecular weight is 308 g/mol. The average Bonchev–Trinajstić information content (AvgIpc) is 3.17. The molecule has 0 bridgehead atoms. The summed E-state index contributed by atoms with van der Waals surface area (Å²) >= 11 is 1.28. The molecule has 0 atom stereocenters. The SMILES string of the molecule is O=C(C(=O)N1CCC(N2CCOC2=O)CC1)c1cccs1. The maximum atomic E-state index is 12.2. The number of rotatable bonds is 3. The van der Waals surface area contributed by atoms with E-state index in [-0.39, 0.29) is 12.1 Å². The molecule has 0 radical (unpaired) electrons. The van der Waals surface area contributed by atoms with Crippen LogP contribution in [-0.4, -0.2) is 59.9 Å². The van der Waals surface area contributed by atoms with Gasteiger partial charge >= 0.3 is 6.09 Å². The molecule has 0 aliphatic carbocycles. The highest BCUT2D eigenvalue weighted by atomic mass is 32.1. The number of hydrogen-bond acceptors (Lipinski definition) is 5. The number of nitrogens with zero attached hydrogens (tertiary/aromatic N) is 2. The second-order valence-corrected chi connectivity index (χ2v) is 6.09. The third kappa shape index (κ3) is 2.78. The molecule has 0 unspecified atom stereocenters. The van der Waals surface area contributed by atoms with Crippen molar-refractivity contribution in [3.05, 3.63) is 22.4 Å². The Kier molecular flexibility index (Phi) is 3.92. The van der Waals surface area contributed by atoms with E-state index < -0.39 is 11.7 Å². The van der Waals surface area contributed by atoms with E-state index in [1.807, 2.05) is 0 Å². The molecule has 1 aromatic rings. The number of hydrogen-bond donors (Lipinski definition) is 0. The van der Waals surface area contributed by atoms with Crippen LogP contribution in [0.4, 0.5) is 4.79 Å². The third-order valence-corrected chi connectivity index (χ3v) is 4.79. The van der Waals surface area contributed by atoms with E-state index in [4.69, 9.17) is 4.74 Å². The summed E-state index contributed by atoms with van der Waals surface area (Å²) in [5.74, 6) is -0.885. The molecule has 2 amide bonds. The van der Waals surface area contributed by atoms with Gasteiger partial charge in [0.25, 0.3) is 11.7 Å². The summed E-state index contributed by atoms with van der Waals surface area (Å²) in [4.78, 5) is 39.5. The number of carbonyl (C=O) groups excluding carboxylic acids is 3. The molecular weight excluding hydrogens is 292 g/mol. The van der Waals surface area contributed by atoms with Gasteiger partial charge in [0.1, 0.15) is 6.61 Å². The summed E-state index contributed by atoms with van der Waals surface area (Å²) in [6.07, 6.45) is 1.12. The highest BCUT2D eigenvalue weighted by Crippen LogP contribution is 2.21. The van der Waals surface area contributed by atoms with Crippen LogP contribution in [0.25, 0.3) is 0 Å². The molecule has 0 N–H and O–H groups in total. The van der Waals surface area contributed by atoms with Crippen LogP contribution in [0.15, 0.2) is 17.5 Å². The van der Waals surface area contributed by atoms with Crippen molar-refractivity contribution in [2.24, 2.45) is 0 Å². The molecule has 21 heavy (non-hydrogen) atoms. The van der Waals surface area contributed by atoms with E-state index in [9.17, 15) is 14.4 Å². The monoisotopic (exact) mass is 308 g/mol. The van der Waals surface area contributed by atoms with Crippen LogP contribution in [0, 0.1) is 0 Å². The number of thiophene rings is 1. The predicted octanol–water partition coefficient (Wildman–Crippen LogP) is 1.37. The van der Waals surface area contributed by atoms with Crippen LogP contribution < -0.4 is 0 Å². The Morgan fingerprint density at radius 2 is 2.00 bits per heavy atom. The van der Waals surface area contributed by atoms with E-state index >= 15 is 0 Å². The number of likely N-dealkylation sites (tertiary alicyclic amines) is 1. The van der Waals surface area contributed by atoms with Crippen LogP contribution in [0.1, 0.15) is 22.5 Å². The molecule has 2 fully saturated rings. The van der Waals surface area contributed by atoms with Crippen molar-refractivity contribution in [3.8, 4) is 0 Å². The van der Waals surface area contributed by atoms with Gasteiger partial charge in [-0.15, -0.1) is 11.3 Å². The number of carbonyl (C=O) groups is 3. The molecule has 3 rings (SSSR count). The summed E-state index contributed by atoms with van der Waals surface area (Å²) in [5.41, 5.74) is 0. The fraction of sp³-hybridized carbons (Fsp3) is 0.500. The van der Waals surface area contributed by atoms with Crippen molar-refractivity contribution >= 4 is 29.1 Å². The molecule has 7 heteroatoms. The largest absolute Gasteiger partial charge is 0.448 e. The fourth-order valence-corrected chi connectivity index (χ4v) is 3.43. The van der Waals surface area contributed by atoms with Gasteiger partial charge in [-0.05, 0) is 24.3 Å². The molecule has 2 aliphatic rings. The molecule has 2 aliphatic heterocycles. The molecule has 2 saturated heterocycles. The van der Waals surface area contributed by atoms with E-state index in [2.05, 4.69) is 0 Å². The normalized spacial score (nSPS) is 19.7. The van der Waals surface area contributed by atoms with Crippen molar-refractivity contribution in [1.82, 2.24) is 9.80 Å². The fourth-order valence-electron chi connectivity index (χ4n) is 2.77. The molecular formula is C14H16N2O4S. The van der Waals surface area contributed by atoms with Crippen LogP contribution in [0.5, 0.6) is 0 Å². The van der Waals surface area contributed by atoms with Gasteiger partial charge in [-0.3, -0.25) is 9.59 Å². The van der Waals surface area contributed by atoms with E-state index in [1.165, 1.54) is 11.3 Å². The topological polar surface area (TPSA) is 66.9 Å². The smallest absolute Gasteiger partial charge is 0.410 e. The van der Waals surface area contributed by atoms with Gasteiger partial charge in [0, 0.05) is 19.1 Å². The minimum atomic E-state index is -0.445. The highest BCUT2D eigenvalue weighted by Gasteiger charge is 2.34. The first-order valence-electron chi connectivity index (χ1n) is 6.97. The van der Waals surface area contributed by atoms with Crippen molar-refractivity contribution < 1.29 is 19.1 Å². The van der Waals surface area contributed by atoms with Crippen molar-refractivity contribution in [3.63, 3.8) is 0 Å². The number of ketones is 1. The van der Waals surface area contributed by atoms with Crippen LogP contribution in [-0.2, 0) is 9.53 Å². The second kappa shape index (κ2) is 5.85. The summed E-state index contributed by atoms with van der Waals surface area (Å²) in [7, 11) is 0. The number of piperidine rings is 1. The Morgan fingerprint density at radius 1 is 1.24 bits per heavy atom. The quantitative estimate of drug-likeness (QED) is 0.625. The Balaban J connectivity index is 1.57. The highest BCUT2D eigenvalue weighted by molar-refractivity contribution is 7.12. The summed E-state index contributed by atoms with van der Waals surface area (Å²) in [5, 5.41) is 1.78. The Bertz CT molecular complexity index is 549. The van der Waals surface area contributed by atoms with E-state index in [1.54, 1.807) is 27.3 Å². The molecule has 3 heterocycles. The number of cyclic esters (lactones) is 1. The van der Waals surface area contributed by atoms with Crippen LogP contribution in [0.3, 0.4) is 0 Å². The lowest BCUT2D eigenvalue weighted by atomic mass is 10.0. The van der Waals surface area contributed by atoms with Crippen molar-refractivity contribution in [2.45, 2.75) is 18.9 Å². The number of Topliss-reactive ketones (excluding diaryl/α,β-unsaturated/α-hetero) is 1. The van der Waals surface area contributed by atoms with Gasteiger partial charge in [-0.25, -0.2) is 4.79 Å². The third-order valence-electron chi connectivity index (χ3n) is 3.92. The molecule has 0 aromatic carbocycles. The zero-order valence-electron chi connectivity index (χ0n) is 11.5. The molecule has 1 aromatic heterocycles. The van der Waals surface area contributed by atoms with Gasteiger partial charge in [-0.2, -0.15) is 0 Å². The molecule has 0 saturated carbocycles. The predicted molar refractivity (Wildman–Crippen MR) is 76.3 cm³/mol. The summed E-state index contributed by atoms with van der Waals surface area (Å²) in [6, 6.07) is 3.54. The summed E-state index contributed by atoms with van der Waals surface area (Å²) < 4.78 is 4.93. The Labute approximate surface area is 126 Å². The molecule has 112 valence electrons. The van der Waals surface area contributed by atoms with Crippen molar-refractivity contribution in [1.29, 1.82) is 0 Å². The zero-order valence-corrected chi connectivity index (χ0v) is 12.3. The van der Waals surface area contributed by atoms with Gasteiger partial charge in [0.05, 0.1) is 11.4 Å². The minimum Gasteiger partial charge on any atom is -0.448 e. The maximum Gasteiger partial charge on any atom is 0.410 e. The van der Waals surface area contributed by atoms with Crippen LogP contribution in [0.2, 0.25) is 0 Å². The first kappa shape index (κ1) is 14.1. The number of ether oxygens (including phenoxy) is 1. The first-order valence-corrected chi connectivity index (χ1v) is 7.85. The Hall–Kier alpha value is -1.89. The van der Waals surface area contributed by atoms with E-state index in [0.29, 0.717) is 44.0 Å².